The second-order valence-electron chi connectivity index (χ2n) is 5.42. The Kier molecular flexibility index (Phi) is 4.73. The van der Waals surface area contributed by atoms with Crippen LogP contribution >= 0.6 is 15.9 Å². The molecule has 5 nitrogen and oxygen atoms in total. The molecule has 7 heteroatoms. The standard InChI is InChI=1S/C17H16BrN3O2S/c1-13-10-16(6-7-17(13)18)24(22,23)20-15-5-2-4-14(11-15)12-21-9-3-8-19-21/h2-11,20H,12H2,1H3. The van der Waals surface area contributed by atoms with E-state index < -0.39 is 10.0 Å². The van der Waals surface area contributed by atoms with Crippen molar-refractivity contribution in [2.24, 2.45) is 0 Å². The van der Waals surface area contributed by atoms with Crippen molar-refractivity contribution in [3.8, 4) is 0 Å². The molecule has 0 fully saturated rings. The highest BCUT2D eigenvalue weighted by Gasteiger charge is 2.15. The number of hydrogen-bond acceptors (Lipinski definition) is 3. The third kappa shape index (κ3) is 3.85. The average molecular weight is 406 g/mol. The molecule has 0 aliphatic carbocycles. The first kappa shape index (κ1) is 16.7. The summed E-state index contributed by atoms with van der Waals surface area (Å²) in [6.45, 7) is 2.44. The summed E-state index contributed by atoms with van der Waals surface area (Å²) in [7, 11) is -3.62. The minimum atomic E-state index is -3.62. The molecule has 0 aliphatic rings. The molecule has 1 aromatic heterocycles. The largest absolute Gasteiger partial charge is 0.280 e. The summed E-state index contributed by atoms with van der Waals surface area (Å²) >= 11 is 3.38. The third-order valence-corrected chi connectivity index (χ3v) is 5.79. The van der Waals surface area contributed by atoms with E-state index in [2.05, 4.69) is 25.8 Å². The predicted molar refractivity (Wildman–Crippen MR) is 97.5 cm³/mol. The zero-order valence-electron chi connectivity index (χ0n) is 13.0. The molecule has 0 radical (unpaired) electrons. The second kappa shape index (κ2) is 6.78. The Morgan fingerprint density at radius 1 is 1.17 bits per heavy atom. The van der Waals surface area contributed by atoms with Crippen molar-refractivity contribution >= 4 is 31.6 Å². The lowest BCUT2D eigenvalue weighted by atomic mass is 10.2. The SMILES string of the molecule is Cc1cc(S(=O)(=O)Nc2cccc(Cn3cccn3)c2)ccc1Br. The van der Waals surface area contributed by atoms with Crippen LogP contribution in [0.15, 0.2) is 70.3 Å². The van der Waals surface area contributed by atoms with E-state index in [9.17, 15) is 8.42 Å². The Balaban J connectivity index is 1.83. The van der Waals surface area contributed by atoms with Gasteiger partial charge in [-0.15, -0.1) is 0 Å². The number of nitrogens with zero attached hydrogens (tertiary/aromatic N) is 2. The van der Waals surface area contributed by atoms with Gasteiger partial charge in [-0.3, -0.25) is 9.40 Å². The lowest BCUT2D eigenvalue weighted by Gasteiger charge is -2.11. The number of halogens is 1. The Hall–Kier alpha value is -2.12. The molecule has 1 heterocycles. The smallest absolute Gasteiger partial charge is 0.261 e. The van der Waals surface area contributed by atoms with Crippen LogP contribution in [0.1, 0.15) is 11.1 Å². The number of hydrogen-bond donors (Lipinski definition) is 1. The van der Waals surface area contributed by atoms with Gasteiger partial charge in [0.05, 0.1) is 11.4 Å². The molecule has 0 bridgehead atoms. The molecule has 3 aromatic rings. The summed E-state index contributed by atoms with van der Waals surface area (Å²) in [5.74, 6) is 0. The van der Waals surface area contributed by atoms with E-state index in [0.717, 1.165) is 15.6 Å². The predicted octanol–water partition coefficient (Wildman–Crippen LogP) is 3.80. The van der Waals surface area contributed by atoms with Gasteiger partial charge in [0.2, 0.25) is 0 Å². The minimum Gasteiger partial charge on any atom is -0.280 e. The summed E-state index contributed by atoms with van der Waals surface area (Å²) < 4.78 is 30.4. The first-order valence-electron chi connectivity index (χ1n) is 7.29. The van der Waals surface area contributed by atoms with Crippen LogP contribution in [0, 0.1) is 6.92 Å². The molecule has 24 heavy (non-hydrogen) atoms. The molecular weight excluding hydrogens is 390 g/mol. The molecule has 2 aromatic carbocycles. The quantitative estimate of drug-likeness (QED) is 0.701. The summed E-state index contributed by atoms with van der Waals surface area (Å²) in [5.41, 5.74) is 2.36. The Morgan fingerprint density at radius 2 is 2.00 bits per heavy atom. The topological polar surface area (TPSA) is 64.0 Å². The van der Waals surface area contributed by atoms with Crippen molar-refractivity contribution in [2.45, 2.75) is 18.4 Å². The van der Waals surface area contributed by atoms with Gasteiger partial charge in [0, 0.05) is 22.6 Å². The molecule has 0 spiro atoms. The third-order valence-electron chi connectivity index (χ3n) is 3.52. The van der Waals surface area contributed by atoms with E-state index in [4.69, 9.17) is 0 Å². The van der Waals surface area contributed by atoms with Crippen LogP contribution in [0.25, 0.3) is 0 Å². The number of anilines is 1. The van der Waals surface area contributed by atoms with Crippen molar-refractivity contribution in [3.05, 3.63) is 76.5 Å². The van der Waals surface area contributed by atoms with Gasteiger partial charge in [-0.1, -0.05) is 28.1 Å². The van der Waals surface area contributed by atoms with E-state index in [0.29, 0.717) is 12.2 Å². The summed E-state index contributed by atoms with van der Waals surface area (Å²) in [6, 6.07) is 14.1. The van der Waals surface area contributed by atoms with Gasteiger partial charge in [-0.2, -0.15) is 5.10 Å². The van der Waals surface area contributed by atoms with E-state index in [-0.39, 0.29) is 4.90 Å². The van der Waals surface area contributed by atoms with Crippen LogP contribution in [0.3, 0.4) is 0 Å². The maximum Gasteiger partial charge on any atom is 0.261 e. The van der Waals surface area contributed by atoms with Crippen LogP contribution in [-0.2, 0) is 16.6 Å². The Labute approximate surface area is 149 Å². The number of benzene rings is 2. The fraction of sp³-hybridized carbons (Fsp3) is 0.118. The number of nitrogens with one attached hydrogen (secondary N) is 1. The molecule has 0 aliphatic heterocycles. The van der Waals surface area contributed by atoms with Crippen molar-refractivity contribution in [3.63, 3.8) is 0 Å². The first-order valence-corrected chi connectivity index (χ1v) is 9.57. The molecule has 0 amide bonds. The number of rotatable bonds is 5. The van der Waals surface area contributed by atoms with E-state index in [1.807, 2.05) is 37.4 Å². The lowest BCUT2D eigenvalue weighted by molar-refractivity contribution is 0.601. The van der Waals surface area contributed by atoms with Crippen LogP contribution in [-0.4, -0.2) is 18.2 Å². The van der Waals surface area contributed by atoms with Gasteiger partial charge in [-0.25, -0.2) is 8.42 Å². The van der Waals surface area contributed by atoms with Crippen LogP contribution in [0.5, 0.6) is 0 Å². The van der Waals surface area contributed by atoms with Gasteiger partial charge in [0.1, 0.15) is 0 Å². The highest BCUT2D eigenvalue weighted by atomic mass is 79.9. The number of aryl methyl sites for hydroxylation is 1. The van der Waals surface area contributed by atoms with Crippen LogP contribution < -0.4 is 4.72 Å². The number of sulfonamides is 1. The molecule has 0 atom stereocenters. The summed E-state index contributed by atoms with van der Waals surface area (Å²) in [4.78, 5) is 0.237. The van der Waals surface area contributed by atoms with Gasteiger partial charge in [0.15, 0.2) is 0 Å². The van der Waals surface area contributed by atoms with E-state index in [1.54, 1.807) is 35.1 Å². The van der Waals surface area contributed by atoms with Crippen molar-refractivity contribution in [1.29, 1.82) is 0 Å². The van der Waals surface area contributed by atoms with Crippen LogP contribution in [0.2, 0.25) is 0 Å². The average Bonchev–Trinajstić information content (AvgIpc) is 3.03. The van der Waals surface area contributed by atoms with Gasteiger partial charge >= 0.3 is 0 Å². The molecule has 124 valence electrons. The summed E-state index contributed by atoms with van der Waals surface area (Å²) in [5, 5.41) is 4.15. The van der Waals surface area contributed by atoms with Crippen molar-refractivity contribution in [1.82, 2.24) is 9.78 Å². The first-order chi connectivity index (χ1) is 11.4. The molecule has 0 saturated carbocycles. The Morgan fingerprint density at radius 3 is 2.71 bits per heavy atom. The summed E-state index contributed by atoms with van der Waals surface area (Å²) in [6.07, 6.45) is 3.57. The van der Waals surface area contributed by atoms with E-state index in [1.165, 1.54) is 0 Å². The van der Waals surface area contributed by atoms with Gasteiger partial charge in [0.25, 0.3) is 10.0 Å². The van der Waals surface area contributed by atoms with E-state index >= 15 is 0 Å². The maximum atomic E-state index is 12.5. The molecular formula is C17H16BrN3O2S. The molecule has 3 rings (SSSR count). The van der Waals surface area contributed by atoms with Crippen molar-refractivity contribution < 1.29 is 8.42 Å². The van der Waals surface area contributed by atoms with Crippen LogP contribution in [0.4, 0.5) is 5.69 Å². The second-order valence-corrected chi connectivity index (χ2v) is 7.96. The number of aromatic nitrogens is 2. The van der Waals surface area contributed by atoms with Crippen molar-refractivity contribution in [2.75, 3.05) is 4.72 Å². The Bertz CT molecular complexity index is 954. The highest BCUT2D eigenvalue weighted by molar-refractivity contribution is 9.10. The zero-order chi connectivity index (χ0) is 17.2. The monoisotopic (exact) mass is 405 g/mol. The molecule has 0 saturated heterocycles. The fourth-order valence-electron chi connectivity index (χ4n) is 2.31. The minimum absolute atomic E-state index is 0.237. The molecule has 0 unspecified atom stereocenters. The lowest BCUT2D eigenvalue weighted by Crippen LogP contribution is -2.13. The zero-order valence-corrected chi connectivity index (χ0v) is 15.4. The van der Waals surface area contributed by atoms with Gasteiger partial charge < -0.3 is 0 Å². The molecule has 1 N–H and O–H groups in total. The highest BCUT2D eigenvalue weighted by Crippen LogP contribution is 2.22. The van der Waals surface area contributed by atoms with Gasteiger partial charge in [-0.05, 0) is 54.4 Å². The maximum absolute atomic E-state index is 12.5. The fourth-order valence-corrected chi connectivity index (χ4v) is 3.69. The normalized spacial score (nSPS) is 11.4.